The third kappa shape index (κ3) is 4.49. The van der Waals surface area contributed by atoms with E-state index in [0.29, 0.717) is 23.1 Å². The molecule has 1 aliphatic heterocycles. The van der Waals surface area contributed by atoms with Gasteiger partial charge in [0.2, 0.25) is 0 Å². The summed E-state index contributed by atoms with van der Waals surface area (Å²) in [4.78, 5) is 0. The van der Waals surface area contributed by atoms with Crippen LogP contribution in [0.3, 0.4) is 0 Å². The molecule has 1 aliphatic carbocycles. The van der Waals surface area contributed by atoms with Crippen molar-refractivity contribution in [2.45, 2.75) is 62.3 Å². The van der Waals surface area contributed by atoms with Gasteiger partial charge in [-0.3, -0.25) is 0 Å². The molecular formula is C23H27ClO6. The van der Waals surface area contributed by atoms with Gasteiger partial charge in [0.25, 0.3) is 0 Å². The minimum Gasteiger partial charge on any atom is -0.490 e. The van der Waals surface area contributed by atoms with E-state index in [1.54, 1.807) is 12.1 Å². The van der Waals surface area contributed by atoms with Gasteiger partial charge >= 0.3 is 0 Å². The van der Waals surface area contributed by atoms with Crippen molar-refractivity contribution in [3.8, 4) is 5.75 Å². The molecule has 1 saturated heterocycles. The zero-order valence-corrected chi connectivity index (χ0v) is 17.3. The molecule has 6 nitrogen and oxygen atoms in total. The molecule has 4 rings (SSSR count). The van der Waals surface area contributed by atoms with E-state index in [1.807, 2.05) is 30.3 Å². The summed E-state index contributed by atoms with van der Waals surface area (Å²) in [5, 5.41) is 40.4. The maximum absolute atomic E-state index is 10.4. The summed E-state index contributed by atoms with van der Waals surface area (Å²) in [5.41, 5.74) is 2.53. The Bertz CT molecular complexity index is 851. The highest BCUT2D eigenvalue weighted by atomic mass is 35.5. The van der Waals surface area contributed by atoms with E-state index in [-0.39, 0.29) is 0 Å². The molecule has 0 radical (unpaired) electrons. The van der Waals surface area contributed by atoms with E-state index in [9.17, 15) is 20.4 Å². The molecular weight excluding hydrogens is 408 g/mol. The van der Waals surface area contributed by atoms with Gasteiger partial charge in [0.1, 0.15) is 36.3 Å². The molecule has 1 heterocycles. The number of hydrogen-bond acceptors (Lipinski definition) is 6. The van der Waals surface area contributed by atoms with Crippen LogP contribution in [0, 0.1) is 0 Å². The second kappa shape index (κ2) is 9.22. The average molecular weight is 435 g/mol. The maximum atomic E-state index is 10.4. The van der Waals surface area contributed by atoms with E-state index in [1.165, 1.54) is 6.42 Å². The summed E-state index contributed by atoms with van der Waals surface area (Å²) in [7, 11) is 0. The lowest BCUT2D eigenvalue weighted by Crippen LogP contribution is -2.55. The van der Waals surface area contributed by atoms with Crippen LogP contribution in [-0.4, -0.2) is 57.6 Å². The fourth-order valence-corrected chi connectivity index (χ4v) is 4.06. The molecule has 2 aliphatic rings. The van der Waals surface area contributed by atoms with Crippen molar-refractivity contribution in [3.63, 3.8) is 0 Å². The SMILES string of the molecule is OCC1O[C@@H](c2ccc(Cl)c(Cc3ccc(OC4CCC4)cc3)c2)[C@H](O)[C@@H](O)[C@@H]1O. The van der Waals surface area contributed by atoms with Crippen molar-refractivity contribution in [2.75, 3.05) is 6.61 Å². The van der Waals surface area contributed by atoms with Gasteiger partial charge in [-0.15, -0.1) is 0 Å². The van der Waals surface area contributed by atoms with Crippen molar-refractivity contribution in [1.82, 2.24) is 0 Å². The van der Waals surface area contributed by atoms with Gasteiger partial charge in [-0.1, -0.05) is 35.9 Å². The van der Waals surface area contributed by atoms with Gasteiger partial charge in [-0.05, 0) is 60.6 Å². The van der Waals surface area contributed by atoms with Gasteiger partial charge in [-0.2, -0.15) is 0 Å². The average Bonchev–Trinajstić information content (AvgIpc) is 2.72. The Balaban J connectivity index is 1.50. The molecule has 162 valence electrons. The van der Waals surface area contributed by atoms with Gasteiger partial charge in [-0.25, -0.2) is 0 Å². The van der Waals surface area contributed by atoms with Crippen LogP contribution in [0.2, 0.25) is 5.02 Å². The first-order chi connectivity index (χ1) is 14.5. The molecule has 5 atom stereocenters. The molecule has 0 amide bonds. The zero-order chi connectivity index (χ0) is 21.3. The minimum absolute atomic E-state index is 0.334. The highest BCUT2D eigenvalue weighted by molar-refractivity contribution is 6.31. The first-order valence-corrected chi connectivity index (χ1v) is 10.7. The Kier molecular flexibility index (Phi) is 6.63. The van der Waals surface area contributed by atoms with Crippen LogP contribution in [0.1, 0.15) is 42.1 Å². The third-order valence-corrected chi connectivity index (χ3v) is 6.33. The fourth-order valence-electron chi connectivity index (χ4n) is 3.87. The molecule has 0 aromatic heterocycles. The van der Waals surface area contributed by atoms with Crippen molar-refractivity contribution in [2.24, 2.45) is 0 Å². The van der Waals surface area contributed by atoms with Gasteiger partial charge < -0.3 is 29.9 Å². The number of halogens is 1. The summed E-state index contributed by atoms with van der Waals surface area (Å²) in [6.07, 6.45) is -1.58. The van der Waals surface area contributed by atoms with E-state index in [2.05, 4.69) is 0 Å². The summed E-state index contributed by atoms with van der Waals surface area (Å²) in [5.74, 6) is 0.865. The van der Waals surface area contributed by atoms with Gasteiger partial charge in [0.05, 0.1) is 12.7 Å². The summed E-state index contributed by atoms with van der Waals surface area (Å²) in [6, 6.07) is 13.2. The first kappa shape index (κ1) is 21.6. The highest BCUT2D eigenvalue weighted by Gasteiger charge is 2.44. The van der Waals surface area contributed by atoms with Crippen LogP contribution in [0.5, 0.6) is 5.75 Å². The molecule has 1 saturated carbocycles. The van der Waals surface area contributed by atoms with Crippen molar-refractivity contribution in [1.29, 1.82) is 0 Å². The molecule has 7 heteroatoms. The van der Waals surface area contributed by atoms with E-state index >= 15 is 0 Å². The second-order valence-electron chi connectivity index (χ2n) is 8.09. The third-order valence-electron chi connectivity index (χ3n) is 5.96. The molecule has 30 heavy (non-hydrogen) atoms. The van der Waals surface area contributed by atoms with E-state index in [0.717, 1.165) is 29.7 Å². The number of benzene rings is 2. The zero-order valence-electron chi connectivity index (χ0n) is 16.5. The number of rotatable bonds is 6. The lowest BCUT2D eigenvalue weighted by Gasteiger charge is -2.40. The standard InChI is InChI=1S/C23H27ClO6/c24-18-9-6-14(23-22(28)21(27)20(26)19(12-25)30-23)11-15(18)10-13-4-7-17(8-5-13)29-16-2-1-3-16/h4-9,11,16,19-23,25-28H,1-3,10,12H2/t19?,20-,21+,22-,23+/m1/s1. The van der Waals surface area contributed by atoms with Crippen molar-refractivity contribution >= 4 is 11.6 Å². The largest absolute Gasteiger partial charge is 0.490 e. The smallest absolute Gasteiger partial charge is 0.119 e. The molecule has 4 N–H and O–H groups in total. The van der Waals surface area contributed by atoms with Crippen LogP contribution < -0.4 is 4.74 Å². The van der Waals surface area contributed by atoms with E-state index < -0.39 is 37.1 Å². The van der Waals surface area contributed by atoms with Crippen molar-refractivity contribution < 1.29 is 29.9 Å². The Morgan fingerprint density at radius 1 is 0.967 bits per heavy atom. The summed E-state index contributed by atoms with van der Waals surface area (Å²) < 4.78 is 11.6. The second-order valence-corrected chi connectivity index (χ2v) is 8.50. The predicted molar refractivity (Wildman–Crippen MR) is 112 cm³/mol. The first-order valence-electron chi connectivity index (χ1n) is 10.3. The monoisotopic (exact) mass is 434 g/mol. The Morgan fingerprint density at radius 3 is 2.33 bits per heavy atom. The van der Waals surface area contributed by atoms with Gasteiger partial charge in [0, 0.05) is 5.02 Å². The molecule has 1 unspecified atom stereocenters. The lowest BCUT2D eigenvalue weighted by atomic mass is 9.90. The fraction of sp³-hybridized carbons (Fsp3) is 0.478. The van der Waals surface area contributed by atoms with Crippen LogP contribution in [0.4, 0.5) is 0 Å². The quantitative estimate of drug-likeness (QED) is 0.557. The molecule has 2 aromatic carbocycles. The number of ether oxygens (including phenoxy) is 2. The van der Waals surface area contributed by atoms with Crippen LogP contribution >= 0.6 is 11.6 Å². The predicted octanol–water partition coefficient (Wildman–Crippen LogP) is 2.38. The Labute approximate surface area is 180 Å². The molecule has 2 aromatic rings. The number of aliphatic hydroxyl groups is 4. The van der Waals surface area contributed by atoms with Crippen LogP contribution in [0.15, 0.2) is 42.5 Å². The lowest BCUT2D eigenvalue weighted by molar-refractivity contribution is -0.231. The summed E-state index contributed by atoms with van der Waals surface area (Å²) in [6.45, 7) is -0.461. The van der Waals surface area contributed by atoms with Crippen molar-refractivity contribution in [3.05, 3.63) is 64.2 Å². The Hall–Kier alpha value is -1.67. The topological polar surface area (TPSA) is 99.4 Å². The summed E-state index contributed by atoms with van der Waals surface area (Å²) >= 11 is 6.40. The van der Waals surface area contributed by atoms with Crippen LogP contribution in [-0.2, 0) is 11.2 Å². The van der Waals surface area contributed by atoms with Crippen LogP contribution in [0.25, 0.3) is 0 Å². The highest BCUT2D eigenvalue weighted by Crippen LogP contribution is 2.34. The number of aliphatic hydroxyl groups excluding tert-OH is 4. The maximum Gasteiger partial charge on any atom is 0.119 e. The molecule has 2 fully saturated rings. The number of hydrogen-bond donors (Lipinski definition) is 4. The molecule has 0 bridgehead atoms. The van der Waals surface area contributed by atoms with Gasteiger partial charge in [0.15, 0.2) is 0 Å². The minimum atomic E-state index is -1.41. The molecule has 0 spiro atoms. The normalized spacial score (nSPS) is 29.4. The van der Waals surface area contributed by atoms with E-state index in [4.69, 9.17) is 21.1 Å². The Morgan fingerprint density at radius 2 is 1.70 bits per heavy atom.